The number of amides is 1. The SMILES string of the molecule is CC1NC(C2CCCC2)N(C2CCC(O)CC2)C1=O. The van der Waals surface area contributed by atoms with Crippen molar-refractivity contribution in [2.75, 3.05) is 0 Å². The minimum absolute atomic E-state index is 0.0301. The van der Waals surface area contributed by atoms with Crippen LogP contribution in [0.1, 0.15) is 58.3 Å². The zero-order valence-corrected chi connectivity index (χ0v) is 11.8. The summed E-state index contributed by atoms with van der Waals surface area (Å²) in [6, 6.07) is 0.316. The highest BCUT2D eigenvalue weighted by Gasteiger charge is 2.44. The first-order valence-corrected chi connectivity index (χ1v) is 7.93. The second-order valence-corrected chi connectivity index (χ2v) is 6.59. The van der Waals surface area contributed by atoms with E-state index >= 15 is 0 Å². The van der Waals surface area contributed by atoms with E-state index in [1.165, 1.54) is 25.7 Å². The van der Waals surface area contributed by atoms with Gasteiger partial charge in [-0.05, 0) is 51.4 Å². The third-order valence-corrected chi connectivity index (χ3v) is 5.25. The van der Waals surface area contributed by atoms with Gasteiger partial charge in [0.1, 0.15) is 0 Å². The van der Waals surface area contributed by atoms with Crippen molar-refractivity contribution >= 4 is 5.91 Å². The van der Waals surface area contributed by atoms with Crippen LogP contribution in [-0.2, 0) is 4.79 Å². The minimum Gasteiger partial charge on any atom is -0.393 e. The summed E-state index contributed by atoms with van der Waals surface area (Å²) in [4.78, 5) is 14.6. The predicted octanol–water partition coefficient (Wildman–Crippen LogP) is 1.63. The summed E-state index contributed by atoms with van der Waals surface area (Å²) in [6.07, 6.45) is 8.85. The van der Waals surface area contributed by atoms with Crippen LogP contribution in [0.3, 0.4) is 0 Å². The van der Waals surface area contributed by atoms with Gasteiger partial charge >= 0.3 is 0 Å². The molecule has 0 aromatic carbocycles. The summed E-state index contributed by atoms with van der Waals surface area (Å²) in [7, 11) is 0. The van der Waals surface area contributed by atoms with E-state index in [-0.39, 0.29) is 24.2 Å². The molecule has 4 nitrogen and oxygen atoms in total. The Morgan fingerprint density at radius 2 is 1.74 bits per heavy atom. The Kier molecular flexibility index (Phi) is 3.81. The van der Waals surface area contributed by atoms with Gasteiger partial charge in [0, 0.05) is 6.04 Å². The normalized spacial score (nSPS) is 41.2. The maximum Gasteiger partial charge on any atom is 0.240 e. The van der Waals surface area contributed by atoms with Crippen molar-refractivity contribution in [3.63, 3.8) is 0 Å². The van der Waals surface area contributed by atoms with Gasteiger partial charge in [0.05, 0.1) is 18.3 Å². The van der Waals surface area contributed by atoms with Crippen LogP contribution in [0.2, 0.25) is 0 Å². The Morgan fingerprint density at radius 1 is 1.11 bits per heavy atom. The maximum atomic E-state index is 12.5. The lowest BCUT2D eigenvalue weighted by Crippen LogP contribution is -2.49. The third kappa shape index (κ3) is 2.52. The minimum atomic E-state index is -0.149. The summed E-state index contributed by atoms with van der Waals surface area (Å²) in [5.74, 6) is 0.916. The molecule has 1 aliphatic heterocycles. The van der Waals surface area contributed by atoms with Crippen molar-refractivity contribution in [1.29, 1.82) is 0 Å². The van der Waals surface area contributed by atoms with Crippen LogP contribution in [0.15, 0.2) is 0 Å². The van der Waals surface area contributed by atoms with Gasteiger partial charge in [0.2, 0.25) is 5.91 Å². The Labute approximate surface area is 115 Å². The van der Waals surface area contributed by atoms with Crippen LogP contribution in [0, 0.1) is 5.92 Å². The van der Waals surface area contributed by atoms with Crippen LogP contribution in [0.5, 0.6) is 0 Å². The van der Waals surface area contributed by atoms with Crippen molar-refractivity contribution < 1.29 is 9.90 Å². The highest BCUT2D eigenvalue weighted by atomic mass is 16.3. The van der Waals surface area contributed by atoms with E-state index < -0.39 is 0 Å². The molecule has 1 saturated heterocycles. The Hall–Kier alpha value is -0.610. The molecule has 2 atom stereocenters. The molecule has 3 fully saturated rings. The fourth-order valence-corrected chi connectivity index (χ4v) is 4.15. The summed E-state index contributed by atoms with van der Waals surface area (Å²) >= 11 is 0. The lowest BCUT2D eigenvalue weighted by Gasteiger charge is -2.38. The lowest BCUT2D eigenvalue weighted by atomic mass is 9.90. The van der Waals surface area contributed by atoms with Crippen molar-refractivity contribution in [2.45, 2.75) is 82.6 Å². The van der Waals surface area contributed by atoms with Gasteiger partial charge in [0.15, 0.2) is 0 Å². The Bertz CT molecular complexity index is 333. The fraction of sp³-hybridized carbons (Fsp3) is 0.933. The third-order valence-electron chi connectivity index (χ3n) is 5.25. The van der Waals surface area contributed by atoms with E-state index in [1.807, 2.05) is 6.92 Å². The Balaban J connectivity index is 1.73. The molecule has 3 rings (SSSR count). The smallest absolute Gasteiger partial charge is 0.240 e. The molecule has 0 bridgehead atoms. The van der Waals surface area contributed by atoms with E-state index in [2.05, 4.69) is 10.2 Å². The van der Waals surface area contributed by atoms with Crippen molar-refractivity contribution in [2.24, 2.45) is 5.92 Å². The number of nitrogens with zero attached hydrogens (tertiary/aromatic N) is 1. The Morgan fingerprint density at radius 3 is 2.37 bits per heavy atom. The van der Waals surface area contributed by atoms with Gasteiger partial charge in [-0.25, -0.2) is 0 Å². The number of hydrogen-bond acceptors (Lipinski definition) is 3. The van der Waals surface area contributed by atoms with E-state index in [4.69, 9.17) is 0 Å². The average Bonchev–Trinajstić information content (AvgIpc) is 3.01. The molecule has 2 aliphatic carbocycles. The van der Waals surface area contributed by atoms with E-state index in [0.29, 0.717) is 12.0 Å². The van der Waals surface area contributed by atoms with Gasteiger partial charge in [-0.15, -0.1) is 0 Å². The number of carbonyl (C=O) groups is 1. The van der Waals surface area contributed by atoms with Crippen LogP contribution in [0.25, 0.3) is 0 Å². The van der Waals surface area contributed by atoms with Crippen LogP contribution < -0.4 is 5.32 Å². The fourth-order valence-electron chi connectivity index (χ4n) is 4.15. The van der Waals surface area contributed by atoms with Crippen molar-refractivity contribution in [1.82, 2.24) is 10.2 Å². The molecule has 2 unspecified atom stereocenters. The molecule has 0 radical (unpaired) electrons. The van der Waals surface area contributed by atoms with Crippen molar-refractivity contribution in [3.05, 3.63) is 0 Å². The standard InChI is InChI=1S/C15H26N2O2/c1-10-15(19)17(12-6-8-13(18)9-7-12)14(16-10)11-4-2-3-5-11/h10-14,16,18H,2-9H2,1H3. The second kappa shape index (κ2) is 5.41. The monoisotopic (exact) mass is 266 g/mol. The molecule has 19 heavy (non-hydrogen) atoms. The molecule has 1 heterocycles. The summed E-state index contributed by atoms with van der Waals surface area (Å²) in [5.41, 5.74) is 0. The number of carbonyl (C=O) groups excluding carboxylic acids is 1. The van der Waals surface area contributed by atoms with E-state index in [0.717, 1.165) is 25.7 Å². The highest BCUT2D eigenvalue weighted by molar-refractivity contribution is 5.84. The van der Waals surface area contributed by atoms with Gasteiger partial charge in [-0.1, -0.05) is 12.8 Å². The molecule has 1 amide bonds. The van der Waals surface area contributed by atoms with Gasteiger partial charge in [-0.3, -0.25) is 10.1 Å². The van der Waals surface area contributed by atoms with Gasteiger partial charge < -0.3 is 10.0 Å². The van der Waals surface area contributed by atoms with Gasteiger partial charge in [0.25, 0.3) is 0 Å². The molecule has 108 valence electrons. The van der Waals surface area contributed by atoms with Crippen LogP contribution in [-0.4, -0.2) is 40.3 Å². The quantitative estimate of drug-likeness (QED) is 0.798. The summed E-state index contributed by atoms with van der Waals surface area (Å²) < 4.78 is 0. The molecule has 4 heteroatoms. The number of aliphatic hydroxyl groups is 1. The van der Waals surface area contributed by atoms with Crippen LogP contribution >= 0.6 is 0 Å². The molecule has 2 saturated carbocycles. The number of rotatable bonds is 2. The first-order chi connectivity index (χ1) is 9.16. The molecule has 0 aromatic rings. The number of hydrogen-bond donors (Lipinski definition) is 2. The molecular weight excluding hydrogens is 240 g/mol. The van der Waals surface area contributed by atoms with E-state index in [9.17, 15) is 9.90 Å². The lowest BCUT2D eigenvalue weighted by molar-refractivity contribution is -0.134. The van der Waals surface area contributed by atoms with Gasteiger partial charge in [-0.2, -0.15) is 0 Å². The largest absolute Gasteiger partial charge is 0.393 e. The zero-order chi connectivity index (χ0) is 13.4. The number of nitrogens with one attached hydrogen (secondary N) is 1. The molecule has 2 N–H and O–H groups in total. The van der Waals surface area contributed by atoms with Crippen LogP contribution in [0.4, 0.5) is 0 Å². The summed E-state index contributed by atoms with van der Waals surface area (Å²) in [6.45, 7) is 1.99. The molecule has 3 aliphatic rings. The highest BCUT2D eigenvalue weighted by Crippen LogP contribution is 2.35. The topological polar surface area (TPSA) is 52.6 Å². The van der Waals surface area contributed by atoms with E-state index in [1.54, 1.807) is 0 Å². The van der Waals surface area contributed by atoms with Crippen molar-refractivity contribution in [3.8, 4) is 0 Å². The average molecular weight is 266 g/mol. The maximum absolute atomic E-state index is 12.5. The number of aliphatic hydroxyl groups excluding tert-OH is 1. The predicted molar refractivity (Wildman–Crippen MR) is 73.5 cm³/mol. The first-order valence-electron chi connectivity index (χ1n) is 7.93. The first kappa shape index (κ1) is 13.4. The molecular formula is C15H26N2O2. The molecule has 0 spiro atoms. The molecule has 0 aromatic heterocycles. The second-order valence-electron chi connectivity index (χ2n) is 6.59. The summed E-state index contributed by atoms with van der Waals surface area (Å²) in [5, 5.41) is 13.2. The zero-order valence-electron chi connectivity index (χ0n) is 11.8.